The van der Waals surface area contributed by atoms with Gasteiger partial charge in [-0.25, -0.2) is 9.18 Å². The van der Waals surface area contributed by atoms with Gasteiger partial charge in [0.15, 0.2) is 0 Å². The van der Waals surface area contributed by atoms with Crippen LogP contribution in [0.5, 0.6) is 0 Å². The monoisotopic (exact) mass is 647 g/mol. The lowest BCUT2D eigenvalue weighted by molar-refractivity contribution is -0.896. The van der Waals surface area contributed by atoms with E-state index in [1.165, 1.54) is 12.1 Å². The third-order valence-corrected chi connectivity index (χ3v) is 6.94. The van der Waals surface area contributed by atoms with E-state index >= 15 is 0 Å². The van der Waals surface area contributed by atoms with E-state index in [1.54, 1.807) is 6.07 Å². The van der Waals surface area contributed by atoms with Gasteiger partial charge in [-0.15, -0.1) is 0 Å². The Balaban J connectivity index is 0.00000420. The highest BCUT2D eigenvalue weighted by Crippen LogP contribution is 2.30. The molecule has 1 heterocycles. The predicted molar refractivity (Wildman–Crippen MR) is 146 cm³/mol. The number of benzene rings is 3. The smallest absolute Gasteiger partial charge is 0.411 e. The number of carbonyl (C=O) groups excluding carboxylic acids is 2. The van der Waals surface area contributed by atoms with Crippen molar-refractivity contribution in [1.82, 2.24) is 0 Å². The summed E-state index contributed by atoms with van der Waals surface area (Å²) >= 11 is 0. The van der Waals surface area contributed by atoms with E-state index in [0.717, 1.165) is 47.1 Å². The fourth-order valence-electron chi connectivity index (χ4n) is 4.61. The Morgan fingerprint density at radius 1 is 1.00 bits per heavy atom. The quantitative estimate of drug-likeness (QED) is 0.259. The maximum absolute atomic E-state index is 13.9. The summed E-state index contributed by atoms with van der Waals surface area (Å²) < 4.78 is 20.6. The molecular formula is C30H35FIN3O4. The molecule has 39 heavy (non-hydrogen) atoms. The minimum absolute atomic E-state index is 0. The molecule has 1 fully saturated rings. The molecule has 3 aromatic rings. The summed E-state index contributed by atoms with van der Waals surface area (Å²) in [5.74, 6) is -0.832. The number of hydrogen-bond acceptors (Lipinski definition) is 4. The highest BCUT2D eigenvalue weighted by molar-refractivity contribution is 5.92. The van der Waals surface area contributed by atoms with Crippen molar-refractivity contribution in [3.63, 3.8) is 0 Å². The first kappa shape index (κ1) is 30.5. The van der Waals surface area contributed by atoms with Crippen molar-refractivity contribution in [2.45, 2.75) is 38.4 Å². The molecule has 0 radical (unpaired) electrons. The molecule has 1 aliphatic heterocycles. The molecule has 0 unspecified atom stereocenters. The zero-order valence-corrected chi connectivity index (χ0v) is 24.4. The van der Waals surface area contributed by atoms with E-state index in [-0.39, 0.29) is 48.0 Å². The van der Waals surface area contributed by atoms with Crippen molar-refractivity contribution in [2.75, 3.05) is 37.8 Å². The van der Waals surface area contributed by atoms with Gasteiger partial charge in [0.2, 0.25) is 5.91 Å². The van der Waals surface area contributed by atoms with Crippen molar-refractivity contribution < 1.29 is 52.3 Å². The zero-order chi connectivity index (χ0) is 27.1. The highest BCUT2D eigenvalue weighted by atomic mass is 127. The third kappa shape index (κ3) is 8.74. The molecule has 0 atom stereocenters. The molecule has 3 aromatic carbocycles. The molecule has 0 spiro atoms. The number of nitrogens with zero attached hydrogens (tertiary/aromatic N) is 1. The third-order valence-electron chi connectivity index (χ3n) is 6.94. The van der Waals surface area contributed by atoms with E-state index in [2.05, 4.69) is 24.7 Å². The number of aryl methyl sites for hydroxylation is 1. The second-order valence-electron chi connectivity index (χ2n) is 10.4. The first-order chi connectivity index (χ1) is 18.2. The van der Waals surface area contributed by atoms with Crippen LogP contribution in [0.4, 0.5) is 20.6 Å². The second-order valence-corrected chi connectivity index (χ2v) is 10.4. The molecule has 7 nitrogen and oxygen atoms in total. The van der Waals surface area contributed by atoms with Crippen LogP contribution in [0.1, 0.15) is 30.4 Å². The molecule has 2 amide bonds. The van der Waals surface area contributed by atoms with E-state index in [4.69, 9.17) is 9.84 Å². The number of carbonyl (C=O) groups is 2. The van der Waals surface area contributed by atoms with Crippen LogP contribution < -0.4 is 34.6 Å². The minimum Gasteiger partial charge on any atom is -1.00 e. The molecule has 1 saturated heterocycles. The number of rotatable bonds is 8. The lowest BCUT2D eigenvalue weighted by Crippen LogP contribution is -3.00. The number of likely N-dealkylation sites (tertiary alicyclic amines) is 1. The summed E-state index contributed by atoms with van der Waals surface area (Å²) in [6, 6.07) is 19.7. The maximum atomic E-state index is 13.9. The number of amides is 2. The van der Waals surface area contributed by atoms with E-state index in [1.807, 2.05) is 48.5 Å². The SMILES string of the molecule is C[N+]1(C)CCC(OC(=O)Nc2cc(CCC(=O)Nc3ccc(CO)c(F)c3)ccc2-c2ccccc2)CC1.[I-]. The number of aliphatic hydroxyl groups excluding tert-OH is 1. The van der Waals surface area contributed by atoms with Crippen LogP contribution in [-0.2, 0) is 22.6 Å². The molecule has 1 aliphatic rings. The van der Waals surface area contributed by atoms with Gasteiger partial charge >= 0.3 is 6.09 Å². The average molecular weight is 648 g/mol. The average Bonchev–Trinajstić information content (AvgIpc) is 2.89. The summed E-state index contributed by atoms with van der Waals surface area (Å²) in [5, 5.41) is 14.7. The Labute approximate surface area is 246 Å². The van der Waals surface area contributed by atoms with Crippen molar-refractivity contribution >= 4 is 23.4 Å². The van der Waals surface area contributed by atoms with Crippen molar-refractivity contribution in [2.24, 2.45) is 0 Å². The van der Waals surface area contributed by atoms with Crippen LogP contribution in [0.15, 0.2) is 66.7 Å². The van der Waals surface area contributed by atoms with Crippen LogP contribution in [-0.4, -0.2) is 54.9 Å². The highest BCUT2D eigenvalue weighted by Gasteiger charge is 2.28. The van der Waals surface area contributed by atoms with Gasteiger partial charge in [0.25, 0.3) is 0 Å². The normalized spacial score (nSPS) is 14.7. The second kappa shape index (κ2) is 13.9. The van der Waals surface area contributed by atoms with Gasteiger partial charge in [0.05, 0.1) is 39.5 Å². The van der Waals surface area contributed by atoms with Gasteiger partial charge in [0, 0.05) is 36.1 Å². The van der Waals surface area contributed by atoms with Crippen LogP contribution in [0.3, 0.4) is 0 Å². The fourth-order valence-corrected chi connectivity index (χ4v) is 4.61. The topological polar surface area (TPSA) is 87.7 Å². The Morgan fingerprint density at radius 2 is 1.72 bits per heavy atom. The number of ether oxygens (including phenoxy) is 1. The van der Waals surface area contributed by atoms with Crippen molar-refractivity contribution in [3.05, 3.63) is 83.7 Å². The van der Waals surface area contributed by atoms with Gasteiger partial charge < -0.3 is 43.6 Å². The van der Waals surface area contributed by atoms with Gasteiger partial charge in [-0.3, -0.25) is 10.1 Å². The molecule has 0 bridgehead atoms. The van der Waals surface area contributed by atoms with Crippen LogP contribution in [0, 0.1) is 5.82 Å². The van der Waals surface area contributed by atoms with Crippen molar-refractivity contribution in [1.29, 1.82) is 0 Å². The molecule has 4 rings (SSSR count). The first-order valence-corrected chi connectivity index (χ1v) is 12.9. The Hall–Kier alpha value is -3.02. The predicted octanol–water partition coefficient (Wildman–Crippen LogP) is 2.35. The Kier molecular flexibility index (Phi) is 10.8. The number of quaternary nitrogens is 1. The first-order valence-electron chi connectivity index (χ1n) is 12.9. The summed E-state index contributed by atoms with van der Waals surface area (Å²) in [6.07, 6.45) is 1.67. The lowest BCUT2D eigenvalue weighted by atomic mass is 9.99. The number of hydrogen-bond donors (Lipinski definition) is 3. The molecule has 0 aliphatic carbocycles. The van der Waals surface area contributed by atoms with Gasteiger partial charge in [-0.2, -0.15) is 0 Å². The van der Waals surface area contributed by atoms with Crippen LogP contribution in [0.25, 0.3) is 11.1 Å². The molecule has 3 N–H and O–H groups in total. The summed E-state index contributed by atoms with van der Waals surface area (Å²) in [6.45, 7) is 1.52. The number of nitrogens with one attached hydrogen (secondary N) is 2. The van der Waals surface area contributed by atoms with E-state index < -0.39 is 18.5 Å². The summed E-state index contributed by atoms with van der Waals surface area (Å²) in [5.41, 5.74) is 3.81. The fraction of sp³-hybridized carbons (Fsp3) is 0.333. The summed E-state index contributed by atoms with van der Waals surface area (Å²) in [7, 11) is 4.36. The van der Waals surface area contributed by atoms with Gasteiger partial charge in [0.1, 0.15) is 11.9 Å². The standard InChI is InChI=1S/C30H34FN3O4.HI/c1-34(2)16-14-25(15-17-34)38-30(37)33-28-18-21(8-12-26(28)22-6-4-3-5-7-22)9-13-29(36)32-24-11-10-23(20-35)27(31)19-24;/h3-8,10-12,18-19,25,35H,9,13-17,20H2,1-2H3,(H-,32,33,36,37);1H. The lowest BCUT2D eigenvalue weighted by Gasteiger charge is -2.36. The van der Waals surface area contributed by atoms with Crippen LogP contribution in [0.2, 0.25) is 0 Å². The molecular weight excluding hydrogens is 612 g/mol. The number of aliphatic hydroxyl groups is 1. The van der Waals surface area contributed by atoms with E-state index in [9.17, 15) is 14.0 Å². The molecule has 208 valence electrons. The minimum atomic E-state index is -0.569. The maximum Gasteiger partial charge on any atom is 0.411 e. The Bertz CT molecular complexity index is 1280. The molecule has 0 saturated carbocycles. The van der Waals surface area contributed by atoms with Crippen molar-refractivity contribution in [3.8, 4) is 11.1 Å². The van der Waals surface area contributed by atoms with Crippen LogP contribution >= 0.6 is 0 Å². The molecule has 9 heteroatoms. The number of anilines is 2. The zero-order valence-electron chi connectivity index (χ0n) is 22.3. The largest absolute Gasteiger partial charge is 1.00 e. The number of halogens is 2. The molecule has 0 aromatic heterocycles. The number of piperidine rings is 1. The van der Waals surface area contributed by atoms with Gasteiger partial charge in [-0.1, -0.05) is 48.5 Å². The van der Waals surface area contributed by atoms with Gasteiger partial charge in [-0.05, 0) is 35.7 Å². The Morgan fingerprint density at radius 3 is 2.38 bits per heavy atom. The summed E-state index contributed by atoms with van der Waals surface area (Å²) in [4.78, 5) is 25.3. The van der Waals surface area contributed by atoms with E-state index in [0.29, 0.717) is 17.8 Å².